The molecule has 0 spiro atoms. The first-order chi connectivity index (χ1) is 13.3. The van der Waals surface area contributed by atoms with E-state index in [1.54, 1.807) is 18.2 Å². The molecule has 3 nitrogen and oxygen atoms in total. The van der Waals surface area contributed by atoms with E-state index in [-0.39, 0.29) is 17.2 Å². The topological polar surface area (TPSA) is 57.5 Å². The lowest BCUT2D eigenvalue weighted by Crippen LogP contribution is -2.18. The van der Waals surface area contributed by atoms with Crippen LogP contribution in [0.15, 0.2) is 36.4 Å². The third-order valence-electron chi connectivity index (χ3n) is 5.10. The summed E-state index contributed by atoms with van der Waals surface area (Å²) in [5.74, 6) is -2.35. The van der Waals surface area contributed by atoms with Gasteiger partial charge < -0.3 is 10.2 Å². The number of thiophene rings is 1. The van der Waals surface area contributed by atoms with Gasteiger partial charge in [0.25, 0.3) is 0 Å². The number of alkyl halides is 1. The Morgan fingerprint density at radius 2 is 1.96 bits per heavy atom. The Morgan fingerprint density at radius 3 is 2.61 bits per heavy atom. The van der Waals surface area contributed by atoms with Crippen LogP contribution < -0.4 is 0 Å². The van der Waals surface area contributed by atoms with E-state index in [0.29, 0.717) is 16.9 Å². The molecule has 1 aromatic heterocycles. The number of benzene rings is 1. The monoisotopic (exact) mass is 426 g/mol. The minimum atomic E-state index is -0.921. The van der Waals surface area contributed by atoms with E-state index in [1.807, 2.05) is 6.07 Å². The van der Waals surface area contributed by atoms with Crippen molar-refractivity contribution in [2.24, 2.45) is 11.8 Å². The normalized spacial score (nSPS) is 24.9. The maximum atomic E-state index is 13.3. The van der Waals surface area contributed by atoms with E-state index in [0.717, 1.165) is 30.2 Å². The van der Waals surface area contributed by atoms with E-state index in [9.17, 15) is 18.7 Å². The highest BCUT2D eigenvalue weighted by atomic mass is 35.5. The minimum absolute atomic E-state index is 0.0465. The molecule has 1 heterocycles. The summed E-state index contributed by atoms with van der Waals surface area (Å²) in [6.07, 6.45) is 5.64. The first-order valence-corrected chi connectivity index (χ1v) is 10.4. The number of aliphatic hydroxyl groups is 1. The Hall–Kier alpha value is -1.76. The van der Waals surface area contributed by atoms with Gasteiger partial charge in [-0.3, -0.25) is 0 Å². The maximum Gasteiger partial charge on any atom is 0.345 e. The summed E-state index contributed by atoms with van der Waals surface area (Å²) in [5, 5.41) is 19.2. The van der Waals surface area contributed by atoms with Gasteiger partial charge >= 0.3 is 5.97 Å². The molecule has 1 aromatic carbocycles. The van der Waals surface area contributed by atoms with Gasteiger partial charge in [0.15, 0.2) is 0 Å². The largest absolute Gasteiger partial charge is 0.477 e. The number of carbonyl (C=O) groups is 1. The van der Waals surface area contributed by atoms with Gasteiger partial charge in [-0.25, -0.2) is 13.6 Å². The molecule has 3 rings (SSSR count). The van der Waals surface area contributed by atoms with Crippen LogP contribution in [0.3, 0.4) is 0 Å². The smallest absolute Gasteiger partial charge is 0.345 e. The number of hydrogen-bond acceptors (Lipinski definition) is 3. The zero-order valence-electron chi connectivity index (χ0n) is 15.0. The molecule has 1 saturated carbocycles. The molecule has 1 aliphatic carbocycles. The SMILES string of the molecule is O=C(O)c1ccc(CCCC2[C@@H](/C=C/c3cc(F)cc(F)c3)C(O)C[C@H]2Cl)s1. The molecule has 0 radical (unpaired) electrons. The number of halogens is 3. The van der Waals surface area contributed by atoms with Gasteiger partial charge in [0.1, 0.15) is 16.5 Å². The first kappa shape index (κ1) is 21.0. The van der Waals surface area contributed by atoms with E-state index in [1.165, 1.54) is 23.5 Å². The predicted molar refractivity (Wildman–Crippen MR) is 107 cm³/mol. The maximum absolute atomic E-state index is 13.3. The van der Waals surface area contributed by atoms with Gasteiger partial charge in [-0.05, 0) is 61.4 Å². The number of aromatic carboxylic acids is 1. The second-order valence-corrected chi connectivity index (χ2v) is 8.81. The van der Waals surface area contributed by atoms with Gasteiger partial charge in [-0.2, -0.15) is 0 Å². The van der Waals surface area contributed by atoms with Gasteiger partial charge in [0, 0.05) is 22.2 Å². The Kier molecular flexibility index (Phi) is 6.86. The number of aryl methyl sites for hydroxylation is 1. The molecule has 0 bridgehead atoms. The fourth-order valence-electron chi connectivity index (χ4n) is 3.77. The summed E-state index contributed by atoms with van der Waals surface area (Å²) >= 11 is 7.71. The van der Waals surface area contributed by atoms with Crippen LogP contribution in [-0.2, 0) is 6.42 Å². The first-order valence-electron chi connectivity index (χ1n) is 9.12. The zero-order valence-corrected chi connectivity index (χ0v) is 16.6. The van der Waals surface area contributed by atoms with E-state index in [4.69, 9.17) is 16.7 Å². The van der Waals surface area contributed by atoms with Crippen LogP contribution in [0.4, 0.5) is 8.78 Å². The fraction of sp³-hybridized carbons (Fsp3) is 0.381. The molecule has 1 fully saturated rings. The second-order valence-electron chi connectivity index (χ2n) is 7.09. The van der Waals surface area contributed by atoms with Crippen LogP contribution in [0.25, 0.3) is 6.08 Å². The summed E-state index contributed by atoms with van der Waals surface area (Å²) in [7, 11) is 0. The number of carboxylic acid groups (broad SMARTS) is 1. The molecule has 0 aliphatic heterocycles. The van der Waals surface area contributed by atoms with Gasteiger partial charge in [0.2, 0.25) is 0 Å². The summed E-state index contributed by atoms with van der Waals surface area (Å²) < 4.78 is 26.7. The van der Waals surface area contributed by atoms with Gasteiger partial charge in [-0.1, -0.05) is 12.2 Å². The molecule has 150 valence electrons. The van der Waals surface area contributed by atoms with Crippen LogP contribution in [-0.4, -0.2) is 27.7 Å². The standard InChI is InChI=1S/C21H21ClF2O3S/c22-18-11-19(25)17(6-4-12-8-13(23)10-14(24)9-12)16(18)3-1-2-15-5-7-20(28-15)21(26)27/h4-10,16-19,25H,1-3,11H2,(H,26,27)/b6-4+/t16?,17-,18-,19?/m1/s1. The quantitative estimate of drug-likeness (QED) is 0.585. The molecular weight excluding hydrogens is 406 g/mol. The van der Waals surface area contributed by atoms with Crippen LogP contribution in [0.5, 0.6) is 0 Å². The van der Waals surface area contributed by atoms with Crippen molar-refractivity contribution in [2.45, 2.75) is 37.2 Å². The van der Waals surface area contributed by atoms with Crippen molar-refractivity contribution in [1.82, 2.24) is 0 Å². The molecule has 2 aromatic rings. The Labute approximate surface area is 171 Å². The van der Waals surface area contributed by atoms with Crippen molar-refractivity contribution in [2.75, 3.05) is 0 Å². The zero-order chi connectivity index (χ0) is 20.3. The summed E-state index contributed by atoms with van der Waals surface area (Å²) in [4.78, 5) is 12.3. The Balaban J connectivity index is 1.62. The molecule has 0 amide bonds. The summed E-state index contributed by atoms with van der Waals surface area (Å²) in [5.41, 5.74) is 0.404. The Bertz CT molecular complexity index is 847. The summed E-state index contributed by atoms with van der Waals surface area (Å²) in [6.45, 7) is 0. The molecule has 28 heavy (non-hydrogen) atoms. The third-order valence-corrected chi connectivity index (χ3v) is 6.73. The number of rotatable bonds is 7. The molecule has 1 aliphatic rings. The van der Waals surface area contributed by atoms with Crippen LogP contribution in [0, 0.1) is 23.5 Å². The number of hydrogen-bond donors (Lipinski definition) is 2. The fourth-order valence-corrected chi connectivity index (χ4v) is 5.13. The van der Waals surface area contributed by atoms with Gasteiger partial charge in [0.05, 0.1) is 6.10 Å². The van der Waals surface area contributed by atoms with E-state index >= 15 is 0 Å². The lowest BCUT2D eigenvalue weighted by molar-refractivity contribution is 0.0702. The Morgan fingerprint density at radius 1 is 1.25 bits per heavy atom. The average molecular weight is 427 g/mol. The lowest BCUT2D eigenvalue weighted by Gasteiger charge is -2.20. The molecule has 0 saturated heterocycles. The average Bonchev–Trinajstić information content (AvgIpc) is 3.18. The van der Waals surface area contributed by atoms with Crippen LogP contribution in [0.1, 0.15) is 39.4 Å². The van der Waals surface area contributed by atoms with Crippen LogP contribution >= 0.6 is 22.9 Å². The molecular formula is C21H21ClF2O3S. The molecule has 7 heteroatoms. The molecule has 2 N–H and O–H groups in total. The molecule has 4 atom stereocenters. The molecule has 2 unspecified atom stereocenters. The van der Waals surface area contributed by atoms with Crippen molar-refractivity contribution >= 4 is 35.0 Å². The van der Waals surface area contributed by atoms with Crippen LogP contribution in [0.2, 0.25) is 0 Å². The highest BCUT2D eigenvalue weighted by molar-refractivity contribution is 7.13. The van der Waals surface area contributed by atoms with Crippen molar-refractivity contribution in [1.29, 1.82) is 0 Å². The number of aliphatic hydroxyl groups excluding tert-OH is 1. The minimum Gasteiger partial charge on any atom is -0.477 e. The van der Waals surface area contributed by atoms with Gasteiger partial charge in [-0.15, -0.1) is 22.9 Å². The highest BCUT2D eigenvalue weighted by Gasteiger charge is 2.39. The van der Waals surface area contributed by atoms with Crippen molar-refractivity contribution in [3.8, 4) is 0 Å². The lowest BCUT2D eigenvalue weighted by atomic mass is 9.89. The van der Waals surface area contributed by atoms with Crippen molar-refractivity contribution < 1.29 is 23.8 Å². The summed E-state index contributed by atoms with van der Waals surface area (Å²) in [6, 6.07) is 6.73. The second kappa shape index (κ2) is 9.16. The van der Waals surface area contributed by atoms with Crippen molar-refractivity contribution in [3.05, 3.63) is 63.4 Å². The van der Waals surface area contributed by atoms with Crippen molar-refractivity contribution in [3.63, 3.8) is 0 Å². The highest BCUT2D eigenvalue weighted by Crippen LogP contribution is 2.40. The third kappa shape index (κ3) is 5.19. The number of carboxylic acids is 1. The van der Waals surface area contributed by atoms with E-state index < -0.39 is 23.7 Å². The predicted octanol–water partition coefficient (Wildman–Crippen LogP) is 5.37. The van der Waals surface area contributed by atoms with E-state index in [2.05, 4.69) is 0 Å².